The standard InChI is InChI=1S/C15H11ClFN3O4/c16-12-6-5-9(7-18-12)14(22)24-8-13(21)20-15(23)19-11-4-2-1-3-10(11)17/h1-7H,8H2,(H2,19,20,21,23). The first-order valence-corrected chi connectivity index (χ1v) is 6.97. The number of hydrogen-bond donors (Lipinski definition) is 2. The second-order valence-corrected chi connectivity index (χ2v) is 4.82. The molecule has 0 atom stereocenters. The molecule has 1 aromatic carbocycles. The van der Waals surface area contributed by atoms with Gasteiger partial charge in [-0.05, 0) is 24.3 Å². The Labute approximate surface area is 140 Å². The largest absolute Gasteiger partial charge is 0.452 e. The molecule has 0 aliphatic heterocycles. The summed E-state index contributed by atoms with van der Waals surface area (Å²) in [6.07, 6.45) is 1.19. The Morgan fingerprint density at radius 2 is 1.92 bits per heavy atom. The molecular formula is C15H11ClFN3O4. The molecule has 3 amide bonds. The number of hydrogen-bond acceptors (Lipinski definition) is 5. The van der Waals surface area contributed by atoms with E-state index in [0.717, 1.165) is 6.07 Å². The number of benzene rings is 1. The Hall–Kier alpha value is -3.00. The third kappa shape index (κ3) is 5.03. The zero-order valence-corrected chi connectivity index (χ0v) is 12.8. The maximum Gasteiger partial charge on any atom is 0.340 e. The number of halogens is 2. The molecule has 0 aliphatic carbocycles. The van der Waals surface area contributed by atoms with Gasteiger partial charge in [0, 0.05) is 6.20 Å². The number of anilines is 1. The van der Waals surface area contributed by atoms with Gasteiger partial charge >= 0.3 is 12.0 Å². The van der Waals surface area contributed by atoms with Gasteiger partial charge in [-0.2, -0.15) is 0 Å². The Morgan fingerprint density at radius 3 is 2.58 bits per heavy atom. The van der Waals surface area contributed by atoms with E-state index in [1.807, 2.05) is 5.32 Å². The van der Waals surface area contributed by atoms with Crippen molar-refractivity contribution >= 4 is 35.2 Å². The van der Waals surface area contributed by atoms with Gasteiger partial charge in [0.1, 0.15) is 11.0 Å². The van der Waals surface area contributed by atoms with Gasteiger partial charge in [-0.15, -0.1) is 0 Å². The van der Waals surface area contributed by atoms with Crippen molar-refractivity contribution in [1.82, 2.24) is 10.3 Å². The molecule has 0 unspecified atom stereocenters. The van der Waals surface area contributed by atoms with Crippen LogP contribution in [0, 0.1) is 5.82 Å². The maximum absolute atomic E-state index is 13.3. The first-order valence-electron chi connectivity index (χ1n) is 6.60. The SMILES string of the molecule is O=C(COC(=O)c1ccc(Cl)nc1)NC(=O)Nc1ccccc1F. The molecule has 2 N–H and O–H groups in total. The minimum atomic E-state index is -0.950. The first-order chi connectivity index (χ1) is 11.5. The molecule has 7 nitrogen and oxygen atoms in total. The van der Waals surface area contributed by atoms with Crippen LogP contribution in [0.3, 0.4) is 0 Å². The minimum absolute atomic E-state index is 0.0907. The Bertz CT molecular complexity index is 768. The number of nitrogens with zero attached hydrogens (tertiary/aromatic N) is 1. The van der Waals surface area contributed by atoms with Crippen molar-refractivity contribution in [3.8, 4) is 0 Å². The number of amides is 3. The highest BCUT2D eigenvalue weighted by Gasteiger charge is 2.13. The lowest BCUT2D eigenvalue weighted by Gasteiger charge is -2.08. The molecule has 0 aliphatic rings. The molecule has 0 bridgehead atoms. The molecule has 0 saturated heterocycles. The summed E-state index contributed by atoms with van der Waals surface area (Å²) in [5, 5.41) is 4.26. The van der Waals surface area contributed by atoms with Crippen LogP contribution in [0.1, 0.15) is 10.4 Å². The molecule has 2 aromatic rings. The zero-order chi connectivity index (χ0) is 17.5. The van der Waals surface area contributed by atoms with E-state index in [-0.39, 0.29) is 16.4 Å². The number of carbonyl (C=O) groups excluding carboxylic acids is 3. The summed E-state index contributed by atoms with van der Waals surface area (Å²) in [6, 6.07) is 7.26. The van der Waals surface area contributed by atoms with Crippen molar-refractivity contribution in [3.05, 3.63) is 59.1 Å². The number of ether oxygens (including phenoxy) is 1. The minimum Gasteiger partial charge on any atom is -0.452 e. The number of nitrogens with one attached hydrogen (secondary N) is 2. The smallest absolute Gasteiger partial charge is 0.340 e. The van der Waals surface area contributed by atoms with E-state index < -0.39 is 30.3 Å². The monoisotopic (exact) mass is 351 g/mol. The van der Waals surface area contributed by atoms with Crippen molar-refractivity contribution in [1.29, 1.82) is 0 Å². The van der Waals surface area contributed by atoms with Gasteiger partial charge in [0.25, 0.3) is 5.91 Å². The second kappa shape index (κ2) is 8.02. The van der Waals surface area contributed by atoms with Crippen LogP contribution in [-0.4, -0.2) is 29.5 Å². The van der Waals surface area contributed by atoms with Gasteiger partial charge in [0.15, 0.2) is 6.61 Å². The Kier molecular flexibility index (Phi) is 5.80. The lowest BCUT2D eigenvalue weighted by atomic mass is 10.3. The summed E-state index contributed by atoms with van der Waals surface area (Å²) in [7, 11) is 0. The van der Waals surface area contributed by atoms with Crippen LogP contribution in [0.5, 0.6) is 0 Å². The number of imide groups is 1. The van der Waals surface area contributed by atoms with Crippen molar-refractivity contribution < 1.29 is 23.5 Å². The fourth-order valence-electron chi connectivity index (χ4n) is 1.59. The molecule has 124 valence electrons. The molecule has 1 aromatic heterocycles. The van der Waals surface area contributed by atoms with Crippen LogP contribution in [0.2, 0.25) is 5.15 Å². The van der Waals surface area contributed by atoms with E-state index in [0.29, 0.717) is 0 Å². The predicted molar refractivity (Wildman–Crippen MR) is 83.1 cm³/mol. The fraction of sp³-hybridized carbons (Fsp3) is 0.0667. The number of urea groups is 1. The summed E-state index contributed by atoms with van der Waals surface area (Å²) < 4.78 is 18.1. The van der Waals surface area contributed by atoms with E-state index in [1.165, 1.54) is 36.5 Å². The summed E-state index contributed by atoms with van der Waals surface area (Å²) in [4.78, 5) is 38.4. The number of para-hydroxylation sites is 1. The molecular weight excluding hydrogens is 341 g/mol. The topological polar surface area (TPSA) is 97.4 Å². The molecule has 0 saturated carbocycles. The molecule has 24 heavy (non-hydrogen) atoms. The van der Waals surface area contributed by atoms with Crippen molar-refractivity contribution in [2.45, 2.75) is 0 Å². The molecule has 0 radical (unpaired) electrons. The van der Waals surface area contributed by atoms with Crippen molar-refractivity contribution in [3.63, 3.8) is 0 Å². The molecule has 2 rings (SSSR count). The van der Waals surface area contributed by atoms with E-state index in [9.17, 15) is 18.8 Å². The highest BCUT2D eigenvalue weighted by Crippen LogP contribution is 2.11. The number of aromatic nitrogens is 1. The van der Waals surface area contributed by atoms with Gasteiger partial charge < -0.3 is 10.1 Å². The second-order valence-electron chi connectivity index (χ2n) is 4.43. The number of esters is 1. The van der Waals surface area contributed by atoms with Gasteiger partial charge in [0.05, 0.1) is 11.3 Å². The lowest BCUT2D eigenvalue weighted by molar-refractivity contribution is -0.123. The van der Waals surface area contributed by atoms with Crippen molar-refractivity contribution in [2.75, 3.05) is 11.9 Å². The van der Waals surface area contributed by atoms with Gasteiger partial charge in [-0.1, -0.05) is 23.7 Å². The molecule has 9 heteroatoms. The highest BCUT2D eigenvalue weighted by molar-refractivity contribution is 6.29. The summed E-state index contributed by atoms with van der Waals surface area (Å²) >= 11 is 5.58. The average molecular weight is 352 g/mol. The summed E-state index contributed by atoms with van der Waals surface area (Å²) in [5.41, 5.74) is 0.00930. The zero-order valence-electron chi connectivity index (χ0n) is 12.1. The summed E-state index contributed by atoms with van der Waals surface area (Å²) in [6.45, 7) is -0.688. The normalized spacial score (nSPS) is 9.92. The Morgan fingerprint density at radius 1 is 1.17 bits per heavy atom. The van der Waals surface area contributed by atoms with Crippen LogP contribution in [-0.2, 0) is 9.53 Å². The van der Waals surface area contributed by atoms with E-state index >= 15 is 0 Å². The fourth-order valence-corrected chi connectivity index (χ4v) is 1.70. The first kappa shape index (κ1) is 17.4. The van der Waals surface area contributed by atoms with E-state index in [2.05, 4.69) is 10.3 Å². The van der Waals surface area contributed by atoms with Gasteiger partial charge in [-0.25, -0.2) is 19.0 Å². The van der Waals surface area contributed by atoms with Crippen LogP contribution < -0.4 is 10.6 Å². The average Bonchev–Trinajstić information content (AvgIpc) is 2.55. The molecule has 0 spiro atoms. The summed E-state index contributed by atoms with van der Waals surface area (Å²) in [5.74, 6) is -2.33. The highest BCUT2D eigenvalue weighted by atomic mass is 35.5. The molecule has 0 fully saturated rings. The lowest BCUT2D eigenvalue weighted by Crippen LogP contribution is -2.37. The van der Waals surface area contributed by atoms with Crippen LogP contribution in [0.15, 0.2) is 42.6 Å². The molecule has 1 heterocycles. The number of carbonyl (C=O) groups is 3. The quantitative estimate of drug-likeness (QED) is 0.651. The Balaban J connectivity index is 1.80. The maximum atomic E-state index is 13.3. The van der Waals surface area contributed by atoms with Crippen molar-refractivity contribution in [2.24, 2.45) is 0 Å². The van der Waals surface area contributed by atoms with Gasteiger partial charge in [0.2, 0.25) is 0 Å². The van der Waals surface area contributed by atoms with Gasteiger partial charge in [-0.3, -0.25) is 10.1 Å². The number of rotatable bonds is 4. The van der Waals surface area contributed by atoms with Crippen LogP contribution >= 0.6 is 11.6 Å². The van der Waals surface area contributed by atoms with E-state index in [1.54, 1.807) is 0 Å². The third-order valence-corrected chi connectivity index (χ3v) is 2.90. The van der Waals surface area contributed by atoms with Crippen LogP contribution in [0.25, 0.3) is 0 Å². The van der Waals surface area contributed by atoms with E-state index in [4.69, 9.17) is 16.3 Å². The van der Waals surface area contributed by atoms with Crippen LogP contribution in [0.4, 0.5) is 14.9 Å². The predicted octanol–water partition coefficient (Wildman–Crippen LogP) is 2.38. The third-order valence-electron chi connectivity index (χ3n) is 2.67. The number of pyridine rings is 1.